The van der Waals surface area contributed by atoms with Crippen molar-refractivity contribution in [2.24, 2.45) is 0 Å². The molecule has 0 atom stereocenters. The Balaban J connectivity index is 2.25. The molecule has 1 N–H and O–H groups in total. The molecule has 0 bridgehead atoms. The summed E-state index contributed by atoms with van der Waals surface area (Å²) in [6.45, 7) is 3.98. The van der Waals surface area contributed by atoms with E-state index in [4.69, 9.17) is 0 Å². The molecule has 0 radical (unpaired) electrons. The summed E-state index contributed by atoms with van der Waals surface area (Å²) in [6.07, 6.45) is 1.19. The summed E-state index contributed by atoms with van der Waals surface area (Å²) in [5, 5.41) is 0. The average molecular weight is 205 g/mol. The molecule has 0 unspecified atom stereocenters. The van der Waals surface area contributed by atoms with Crippen LogP contribution < -0.4 is 5.43 Å². The average Bonchev–Trinajstić information content (AvgIpc) is 2.53. The maximum Gasteiger partial charge on any atom is 0.145 e. The van der Waals surface area contributed by atoms with Crippen molar-refractivity contribution in [1.82, 2.24) is 9.66 Å². The van der Waals surface area contributed by atoms with E-state index >= 15 is 0 Å². The molecule has 3 nitrogen and oxygen atoms in total. The van der Waals surface area contributed by atoms with Gasteiger partial charge in [0.1, 0.15) is 11.6 Å². The Bertz CT molecular complexity index is 440. The van der Waals surface area contributed by atoms with Gasteiger partial charge in [-0.05, 0) is 38.1 Å². The van der Waals surface area contributed by atoms with Gasteiger partial charge in [-0.3, -0.25) is 10.1 Å². The van der Waals surface area contributed by atoms with Gasteiger partial charge >= 0.3 is 0 Å². The summed E-state index contributed by atoms with van der Waals surface area (Å²) >= 11 is 0. The van der Waals surface area contributed by atoms with Gasteiger partial charge in [-0.1, -0.05) is 0 Å². The Morgan fingerprint density at radius 3 is 2.33 bits per heavy atom. The third-order valence-corrected chi connectivity index (χ3v) is 2.22. The second-order valence-corrected chi connectivity index (χ2v) is 3.42. The summed E-state index contributed by atoms with van der Waals surface area (Å²) in [5.74, 6) is 0.292. The molecular weight excluding hydrogens is 193 g/mol. The highest BCUT2D eigenvalue weighted by Gasteiger charge is 2.01. The lowest BCUT2D eigenvalue weighted by Gasteiger charge is -2.11. The van der Waals surface area contributed by atoms with E-state index in [1.807, 2.05) is 30.7 Å². The zero-order valence-corrected chi connectivity index (χ0v) is 8.66. The molecule has 0 aliphatic carbocycles. The normalized spacial score (nSPS) is 10.3. The van der Waals surface area contributed by atoms with Crippen LogP contribution in [0.3, 0.4) is 0 Å². The predicted molar refractivity (Wildman–Crippen MR) is 57.1 cm³/mol. The van der Waals surface area contributed by atoms with E-state index in [-0.39, 0.29) is 5.82 Å². The third-order valence-electron chi connectivity index (χ3n) is 2.22. The van der Waals surface area contributed by atoms with Gasteiger partial charge in [-0.25, -0.2) is 9.37 Å². The molecule has 0 spiro atoms. The molecule has 78 valence electrons. The Hall–Kier alpha value is -1.84. The fourth-order valence-electron chi connectivity index (χ4n) is 1.40. The number of pyridine rings is 1. The summed E-state index contributed by atoms with van der Waals surface area (Å²) in [7, 11) is 0. The lowest BCUT2D eigenvalue weighted by atomic mass is 10.4. The zero-order chi connectivity index (χ0) is 10.8. The number of nitrogens with one attached hydrogen (secondary N) is 1. The number of halogens is 1. The second-order valence-electron chi connectivity index (χ2n) is 3.42. The highest BCUT2D eigenvalue weighted by atomic mass is 19.1. The fraction of sp³-hybridized carbons (Fsp3) is 0.182. The Morgan fingerprint density at radius 2 is 1.80 bits per heavy atom. The van der Waals surface area contributed by atoms with E-state index < -0.39 is 0 Å². The van der Waals surface area contributed by atoms with Gasteiger partial charge < -0.3 is 0 Å². The zero-order valence-electron chi connectivity index (χ0n) is 8.66. The van der Waals surface area contributed by atoms with Crippen molar-refractivity contribution in [2.45, 2.75) is 13.8 Å². The van der Waals surface area contributed by atoms with Crippen LogP contribution in [0.15, 0.2) is 30.5 Å². The van der Waals surface area contributed by atoms with Gasteiger partial charge in [-0.2, -0.15) is 0 Å². The summed E-state index contributed by atoms with van der Waals surface area (Å²) in [4.78, 5) is 3.93. The maximum atomic E-state index is 12.6. The number of aromatic nitrogens is 2. The largest absolute Gasteiger partial charge is 0.278 e. The predicted octanol–water partition coefficient (Wildman–Crippen LogP) is 2.51. The molecule has 2 aromatic rings. The standard InChI is InChI=1S/C11H12FN3/c1-8-3-4-9(2)15(8)14-11-6-5-10(12)7-13-11/h3-7H,1-2H3,(H,13,14). The van der Waals surface area contributed by atoms with Crippen molar-refractivity contribution in [3.8, 4) is 0 Å². The van der Waals surface area contributed by atoms with Gasteiger partial charge in [-0.15, -0.1) is 0 Å². The Morgan fingerprint density at radius 1 is 1.13 bits per heavy atom. The Kier molecular flexibility index (Phi) is 2.41. The molecule has 0 aromatic carbocycles. The SMILES string of the molecule is Cc1ccc(C)n1Nc1ccc(F)cn1. The number of hydrogen-bond donors (Lipinski definition) is 1. The molecule has 0 aliphatic rings. The van der Waals surface area contributed by atoms with Crippen molar-refractivity contribution in [3.05, 3.63) is 47.7 Å². The molecule has 0 saturated heterocycles. The smallest absolute Gasteiger partial charge is 0.145 e. The second kappa shape index (κ2) is 3.73. The number of nitrogens with zero attached hydrogens (tertiary/aromatic N) is 2. The van der Waals surface area contributed by atoms with Crippen molar-refractivity contribution in [3.63, 3.8) is 0 Å². The van der Waals surface area contributed by atoms with Gasteiger partial charge in [0.15, 0.2) is 0 Å². The fourth-order valence-corrected chi connectivity index (χ4v) is 1.40. The van der Waals surface area contributed by atoms with Gasteiger partial charge in [0.2, 0.25) is 0 Å². The molecule has 2 heterocycles. The van der Waals surface area contributed by atoms with E-state index in [2.05, 4.69) is 10.4 Å². The van der Waals surface area contributed by atoms with Crippen LogP contribution in [0.5, 0.6) is 0 Å². The number of aryl methyl sites for hydroxylation is 2. The minimum absolute atomic E-state index is 0.332. The number of rotatable bonds is 2. The minimum Gasteiger partial charge on any atom is -0.278 e. The van der Waals surface area contributed by atoms with Crippen LogP contribution in [0, 0.1) is 19.7 Å². The van der Waals surface area contributed by atoms with E-state index in [0.717, 1.165) is 11.4 Å². The first-order chi connectivity index (χ1) is 7.16. The van der Waals surface area contributed by atoms with Crippen LogP contribution in [0.1, 0.15) is 11.4 Å². The van der Waals surface area contributed by atoms with Crippen LogP contribution in [0.4, 0.5) is 10.2 Å². The van der Waals surface area contributed by atoms with Gasteiger partial charge in [0, 0.05) is 11.4 Å². The van der Waals surface area contributed by atoms with Crippen LogP contribution in [0.25, 0.3) is 0 Å². The van der Waals surface area contributed by atoms with Crippen molar-refractivity contribution in [1.29, 1.82) is 0 Å². The first-order valence-corrected chi connectivity index (χ1v) is 4.70. The Labute approximate surface area is 87.5 Å². The molecule has 15 heavy (non-hydrogen) atoms. The van der Waals surface area contributed by atoms with Crippen molar-refractivity contribution in [2.75, 3.05) is 5.43 Å². The first-order valence-electron chi connectivity index (χ1n) is 4.70. The molecule has 4 heteroatoms. The molecule has 2 aromatic heterocycles. The molecule has 0 amide bonds. The molecule has 2 rings (SSSR count). The monoisotopic (exact) mass is 205 g/mol. The van der Waals surface area contributed by atoms with Crippen molar-refractivity contribution >= 4 is 5.82 Å². The highest BCUT2D eigenvalue weighted by molar-refractivity contribution is 5.35. The van der Waals surface area contributed by atoms with E-state index in [1.165, 1.54) is 12.3 Å². The summed E-state index contributed by atoms with van der Waals surface area (Å²) < 4.78 is 14.5. The quantitative estimate of drug-likeness (QED) is 0.816. The van der Waals surface area contributed by atoms with E-state index in [1.54, 1.807) is 6.07 Å². The molecule has 0 aliphatic heterocycles. The molecule has 0 fully saturated rings. The van der Waals surface area contributed by atoms with E-state index in [9.17, 15) is 4.39 Å². The first kappa shape index (κ1) is 9.71. The number of hydrogen-bond acceptors (Lipinski definition) is 2. The third kappa shape index (κ3) is 1.98. The summed E-state index contributed by atoms with van der Waals surface area (Å²) in [6, 6.07) is 7.00. The maximum absolute atomic E-state index is 12.6. The lowest BCUT2D eigenvalue weighted by molar-refractivity contribution is 0.621. The molecular formula is C11H12FN3. The van der Waals surface area contributed by atoms with Crippen LogP contribution in [0.2, 0.25) is 0 Å². The van der Waals surface area contributed by atoms with Gasteiger partial charge in [0.25, 0.3) is 0 Å². The summed E-state index contributed by atoms with van der Waals surface area (Å²) in [5.41, 5.74) is 5.25. The van der Waals surface area contributed by atoms with Gasteiger partial charge in [0.05, 0.1) is 6.20 Å². The van der Waals surface area contributed by atoms with Crippen LogP contribution in [-0.4, -0.2) is 9.66 Å². The molecule has 0 saturated carbocycles. The highest BCUT2D eigenvalue weighted by Crippen LogP contribution is 2.09. The van der Waals surface area contributed by atoms with E-state index in [0.29, 0.717) is 5.82 Å². The topological polar surface area (TPSA) is 29.9 Å². The van der Waals surface area contributed by atoms with Crippen LogP contribution >= 0.6 is 0 Å². The minimum atomic E-state index is -0.332. The lowest BCUT2D eigenvalue weighted by Crippen LogP contribution is -2.13. The van der Waals surface area contributed by atoms with Crippen LogP contribution in [-0.2, 0) is 0 Å². The van der Waals surface area contributed by atoms with Crippen molar-refractivity contribution < 1.29 is 4.39 Å². The number of anilines is 1.